The van der Waals surface area contributed by atoms with E-state index in [4.69, 9.17) is 9.47 Å². The molecule has 0 heterocycles. The molecule has 1 amide bonds. The van der Waals surface area contributed by atoms with E-state index in [1.165, 1.54) is 0 Å². The van der Waals surface area contributed by atoms with Gasteiger partial charge in [-0.1, -0.05) is 0 Å². The van der Waals surface area contributed by atoms with Gasteiger partial charge in [0.2, 0.25) is 0 Å². The minimum absolute atomic E-state index is 0.236. The van der Waals surface area contributed by atoms with E-state index in [9.17, 15) is 4.79 Å². The molecule has 124 valence electrons. The van der Waals surface area contributed by atoms with Crippen LogP contribution in [0, 0.1) is 0 Å². The van der Waals surface area contributed by atoms with E-state index in [1.807, 2.05) is 27.7 Å². The maximum atomic E-state index is 11.7. The molecule has 0 aromatic rings. The molecule has 0 bridgehead atoms. The molecule has 1 fully saturated rings. The number of nitrogens with one attached hydrogen (secondary N) is 2. The molecule has 0 saturated heterocycles. The van der Waals surface area contributed by atoms with E-state index in [2.05, 4.69) is 17.6 Å². The SMILES string of the molecule is CCOCC(C)NC1CCC(NC(=O)OC(C)(C)C)CC1. The Bertz CT molecular complexity index is 307. The highest BCUT2D eigenvalue weighted by molar-refractivity contribution is 5.68. The zero-order valence-corrected chi connectivity index (χ0v) is 14.2. The van der Waals surface area contributed by atoms with Gasteiger partial charge in [0.15, 0.2) is 0 Å². The van der Waals surface area contributed by atoms with Crippen LogP contribution < -0.4 is 10.6 Å². The van der Waals surface area contributed by atoms with E-state index in [0.29, 0.717) is 12.1 Å². The molecule has 1 atom stereocenters. The number of ether oxygens (including phenoxy) is 2. The number of amides is 1. The molecule has 1 aliphatic carbocycles. The maximum Gasteiger partial charge on any atom is 0.407 e. The predicted octanol–water partition coefficient (Wildman–Crippen LogP) is 2.84. The molecule has 0 aliphatic heterocycles. The van der Waals surface area contributed by atoms with Gasteiger partial charge in [0.05, 0.1) is 6.61 Å². The smallest absolute Gasteiger partial charge is 0.407 e. The topological polar surface area (TPSA) is 59.6 Å². The van der Waals surface area contributed by atoms with Gasteiger partial charge in [-0.25, -0.2) is 4.79 Å². The van der Waals surface area contributed by atoms with Gasteiger partial charge in [-0.05, 0) is 60.3 Å². The van der Waals surface area contributed by atoms with E-state index in [0.717, 1.165) is 38.9 Å². The molecule has 2 N–H and O–H groups in total. The molecule has 0 spiro atoms. The fourth-order valence-electron chi connectivity index (χ4n) is 2.62. The number of hydrogen-bond donors (Lipinski definition) is 2. The zero-order valence-electron chi connectivity index (χ0n) is 14.2. The van der Waals surface area contributed by atoms with Gasteiger partial charge >= 0.3 is 6.09 Å². The van der Waals surface area contributed by atoms with Crippen LogP contribution in [-0.4, -0.2) is 43.0 Å². The molecule has 0 aromatic heterocycles. The van der Waals surface area contributed by atoms with Crippen LogP contribution in [0.3, 0.4) is 0 Å². The predicted molar refractivity (Wildman–Crippen MR) is 84.5 cm³/mol. The molecular weight excluding hydrogens is 268 g/mol. The van der Waals surface area contributed by atoms with Crippen LogP contribution in [0.25, 0.3) is 0 Å². The molecule has 5 heteroatoms. The fourth-order valence-corrected chi connectivity index (χ4v) is 2.62. The Kier molecular flexibility index (Phi) is 7.46. The van der Waals surface area contributed by atoms with Gasteiger partial charge < -0.3 is 20.1 Å². The van der Waals surface area contributed by atoms with Crippen LogP contribution >= 0.6 is 0 Å². The lowest BCUT2D eigenvalue weighted by molar-refractivity contribution is 0.0488. The van der Waals surface area contributed by atoms with Crippen molar-refractivity contribution in [2.75, 3.05) is 13.2 Å². The summed E-state index contributed by atoms with van der Waals surface area (Å²) in [6.45, 7) is 11.3. The van der Waals surface area contributed by atoms with E-state index in [1.54, 1.807) is 0 Å². The lowest BCUT2D eigenvalue weighted by Gasteiger charge is -2.32. The molecule has 0 aromatic carbocycles. The second kappa shape index (κ2) is 8.59. The highest BCUT2D eigenvalue weighted by Crippen LogP contribution is 2.19. The summed E-state index contributed by atoms with van der Waals surface area (Å²) < 4.78 is 10.7. The van der Waals surface area contributed by atoms with Crippen molar-refractivity contribution < 1.29 is 14.3 Å². The quantitative estimate of drug-likeness (QED) is 0.792. The van der Waals surface area contributed by atoms with Gasteiger partial charge in [-0.2, -0.15) is 0 Å². The molecule has 1 saturated carbocycles. The Morgan fingerprint density at radius 2 is 1.76 bits per heavy atom. The third-order valence-corrected chi connectivity index (χ3v) is 3.54. The lowest BCUT2D eigenvalue weighted by atomic mass is 9.91. The number of carbonyl (C=O) groups is 1. The first-order valence-corrected chi connectivity index (χ1v) is 8.13. The highest BCUT2D eigenvalue weighted by atomic mass is 16.6. The van der Waals surface area contributed by atoms with Crippen molar-refractivity contribution >= 4 is 6.09 Å². The molecule has 0 radical (unpaired) electrons. The summed E-state index contributed by atoms with van der Waals surface area (Å²) in [6.07, 6.45) is 3.85. The second-order valence-electron chi connectivity index (χ2n) is 6.92. The largest absolute Gasteiger partial charge is 0.444 e. The van der Waals surface area contributed by atoms with Crippen LogP contribution in [0.15, 0.2) is 0 Å². The van der Waals surface area contributed by atoms with Crippen molar-refractivity contribution in [1.82, 2.24) is 10.6 Å². The summed E-state index contributed by atoms with van der Waals surface area (Å²) >= 11 is 0. The van der Waals surface area contributed by atoms with Crippen molar-refractivity contribution in [2.24, 2.45) is 0 Å². The summed E-state index contributed by atoms with van der Waals surface area (Å²) in [6, 6.07) is 1.14. The fraction of sp³-hybridized carbons (Fsp3) is 0.938. The van der Waals surface area contributed by atoms with Gasteiger partial charge in [0, 0.05) is 24.7 Å². The van der Waals surface area contributed by atoms with Gasteiger partial charge in [-0.15, -0.1) is 0 Å². The van der Waals surface area contributed by atoms with E-state index < -0.39 is 5.60 Å². The molecule has 5 nitrogen and oxygen atoms in total. The first-order valence-electron chi connectivity index (χ1n) is 8.13. The Morgan fingerprint density at radius 1 is 1.19 bits per heavy atom. The molecule has 1 rings (SSSR count). The van der Waals surface area contributed by atoms with Crippen molar-refractivity contribution in [3.8, 4) is 0 Å². The van der Waals surface area contributed by atoms with Crippen molar-refractivity contribution in [2.45, 2.75) is 84.0 Å². The minimum Gasteiger partial charge on any atom is -0.444 e. The monoisotopic (exact) mass is 300 g/mol. The summed E-state index contributed by atoms with van der Waals surface area (Å²) in [7, 11) is 0. The van der Waals surface area contributed by atoms with Crippen LogP contribution in [0.2, 0.25) is 0 Å². The van der Waals surface area contributed by atoms with Gasteiger partial charge in [0.1, 0.15) is 5.60 Å². The molecule has 21 heavy (non-hydrogen) atoms. The first kappa shape index (κ1) is 18.2. The van der Waals surface area contributed by atoms with Gasteiger partial charge in [0.25, 0.3) is 0 Å². The molecule has 1 unspecified atom stereocenters. The van der Waals surface area contributed by atoms with Crippen molar-refractivity contribution in [3.05, 3.63) is 0 Å². The summed E-state index contributed by atoms with van der Waals surface area (Å²) in [4.78, 5) is 11.7. The minimum atomic E-state index is -0.433. The lowest BCUT2D eigenvalue weighted by Crippen LogP contribution is -2.46. The van der Waals surface area contributed by atoms with Crippen LogP contribution in [-0.2, 0) is 9.47 Å². The van der Waals surface area contributed by atoms with Gasteiger partial charge in [-0.3, -0.25) is 0 Å². The normalized spacial score (nSPS) is 24.4. The average molecular weight is 300 g/mol. The Balaban J connectivity index is 2.21. The number of rotatable bonds is 6. The third kappa shape index (κ3) is 8.27. The van der Waals surface area contributed by atoms with Crippen LogP contribution in [0.4, 0.5) is 4.79 Å². The number of hydrogen-bond acceptors (Lipinski definition) is 4. The van der Waals surface area contributed by atoms with Crippen molar-refractivity contribution in [1.29, 1.82) is 0 Å². The van der Waals surface area contributed by atoms with Crippen LogP contribution in [0.5, 0.6) is 0 Å². The van der Waals surface area contributed by atoms with E-state index >= 15 is 0 Å². The Hall–Kier alpha value is -0.810. The van der Waals surface area contributed by atoms with E-state index in [-0.39, 0.29) is 12.1 Å². The summed E-state index contributed by atoms with van der Waals surface area (Å²) in [5, 5.41) is 6.57. The second-order valence-corrected chi connectivity index (χ2v) is 6.92. The molecule has 1 aliphatic rings. The Morgan fingerprint density at radius 3 is 2.29 bits per heavy atom. The van der Waals surface area contributed by atoms with Crippen molar-refractivity contribution in [3.63, 3.8) is 0 Å². The summed E-state index contributed by atoms with van der Waals surface area (Å²) in [5.74, 6) is 0. The summed E-state index contributed by atoms with van der Waals surface area (Å²) in [5.41, 5.74) is -0.433. The standard InChI is InChI=1S/C16H32N2O3/c1-6-20-11-12(2)17-13-7-9-14(10-8-13)18-15(19)21-16(3,4)5/h12-14,17H,6-11H2,1-5H3,(H,18,19). The number of alkyl carbamates (subject to hydrolysis) is 1. The zero-order chi connectivity index (χ0) is 15.9. The Labute approximate surface area is 129 Å². The van der Waals surface area contributed by atoms with Crippen LogP contribution in [0.1, 0.15) is 60.3 Å². The highest BCUT2D eigenvalue weighted by Gasteiger charge is 2.25. The first-order chi connectivity index (χ1) is 9.80. The average Bonchev–Trinajstić information content (AvgIpc) is 2.36. The molecular formula is C16H32N2O3. The maximum absolute atomic E-state index is 11.7. The third-order valence-electron chi connectivity index (χ3n) is 3.54. The number of carbonyl (C=O) groups excluding carboxylic acids is 1.